The van der Waals surface area contributed by atoms with E-state index in [1.165, 1.54) is 0 Å². The summed E-state index contributed by atoms with van der Waals surface area (Å²) in [5.41, 5.74) is 4.26. The molecular weight excluding hydrogens is 424 g/mol. The lowest BCUT2D eigenvalue weighted by Crippen LogP contribution is -2.08. The number of fused-ring (bicyclic) bond motifs is 1. The molecule has 2 aromatic heterocycles. The highest BCUT2D eigenvalue weighted by atomic mass is 35.5. The molecule has 4 aromatic rings. The average Bonchev–Trinajstić information content (AvgIpc) is 3.45. The number of nitrogens with one attached hydrogen (secondary N) is 2. The van der Waals surface area contributed by atoms with Crippen molar-refractivity contribution in [2.24, 2.45) is 0 Å². The van der Waals surface area contributed by atoms with Crippen LogP contribution in [0.15, 0.2) is 61.1 Å². The minimum absolute atomic E-state index is 0.0646. The van der Waals surface area contributed by atoms with E-state index < -0.39 is 6.98 Å². The van der Waals surface area contributed by atoms with E-state index in [0.717, 1.165) is 28.9 Å². The zero-order chi connectivity index (χ0) is 24.6. The van der Waals surface area contributed by atoms with Crippen LogP contribution in [0.2, 0.25) is 5.15 Å². The van der Waals surface area contributed by atoms with Gasteiger partial charge in [-0.2, -0.15) is 4.98 Å². The Morgan fingerprint density at radius 2 is 2.06 bits per heavy atom. The highest BCUT2D eigenvalue weighted by molar-refractivity contribution is 6.29. The Morgan fingerprint density at radius 3 is 2.81 bits per heavy atom. The van der Waals surface area contributed by atoms with E-state index >= 15 is 0 Å². The van der Waals surface area contributed by atoms with Crippen LogP contribution in [0.3, 0.4) is 0 Å². The molecule has 1 aliphatic carbocycles. The fourth-order valence-corrected chi connectivity index (χ4v) is 4.31. The monoisotopic (exact) mass is 449 g/mol. The van der Waals surface area contributed by atoms with Gasteiger partial charge in [0.1, 0.15) is 23.0 Å². The Kier molecular flexibility index (Phi) is 4.53. The molecule has 0 unspecified atom stereocenters. The third kappa shape index (κ3) is 3.76. The molecular formula is C24H23ClN6O. The second kappa shape index (κ2) is 8.51. The Balaban J connectivity index is 1.52. The van der Waals surface area contributed by atoms with Crippen LogP contribution in [0.25, 0.3) is 5.69 Å². The smallest absolute Gasteiger partial charge is 0.229 e. The van der Waals surface area contributed by atoms with Crippen LogP contribution >= 0.6 is 11.6 Å². The second-order valence-corrected chi connectivity index (χ2v) is 7.89. The van der Waals surface area contributed by atoms with Crippen LogP contribution in [0.5, 0.6) is 5.75 Å². The highest BCUT2D eigenvalue weighted by Crippen LogP contribution is 2.40. The number of nitrogens with zero attached hydrogens (tertiary/aromatic N) is 4. The van der Waals surface area contributed by atoms with Gasteiger partial charge >= 0.3 is 0 Å². The first-order valence-corrected chi connectivity index (χ1v) is 10.6. The van der Waals surface area contributed by atoms with Gasteiger partial charge in [0.2, 0.25) is 5.95 Å². The largest absolute Gasteiger partial charge is 0.494 e. The summed E-state index contributed by atoms with van der Waals surface area (Å²) in [4.78, 5) is 13.4. The van der Waals surface area contributed by atoms with Crippen molar-refractivity contribution in [2.75, 3.05) is 24.7 Å². The maximum atomic E-state index is 7.71. The molecule has 7 nitrogen and oxygen atoms in total. The maximum Gasteiger partial charge on any atom is 0.229 e. The van der Waals surface area contributed by atoms with Gasteiger partial charge in [-0.3, -0.25) is 0 Å². The van der Waals surface area contributed by atoms with Gasteiger partial charge in [-0.15, -0.1) is 0 Å². The van der Waals surface area contributed by atoms with Gasteiger partial charge in [0.25, 0.3) is 0 Å². The molecule has 2 N–H and O–H groups in total. The lowest BCUT2D eigenvalue weighted by molar-refractivity contribution is 0.413. The van der Waals surface area contributed by atoms with E-state index in [-0.39, 0.29) is 5.92 Å². The van der Waals surface area contributed by atoms with Crippen LogP contribution < -0.4 is 15.4 Å². The number of halogens is 1. The number of hydrogen-bond acceptors (Lipinski definition) is 6. The molecule has 0 aliphatic heterocycles. The number of benzene rings is 2. The fourth-order valence-electron chi connectivity index (χ4n) is 4.16. The summed E-state index contributed by atoms with van der Waals surface area (Å²) >= 11 is 5.96. The van der Waals surface area contributed by atoms with E-state index in [1.54, 1.807) is 24.2 Å². The molecule has 8 heteroatoms. The molecule has 162 valence electrons. The molecule has 0 saturated carbocycles. The van der Waals surface area contributed by atoms with Gasteiger partial charge < -0.3 is 19.9 Å². The molecule has 0 spiro atoms. The summed E-state index contributed by atoms with van der Waals surface area (Å²) in [5, 5.41) is 6.19. The van der Waals surface area contributed by atoms with Crippen LogP contribution in [0.1, 0.15) is 33.3 Å². The molecule has 32 heavy (non-hydrogen) atoms. The number of hydrogen-bond donors (Lipinski definition) is 2. The van der Waals surface area contributed by atoms with Crippen molar-refractivity contribution < 1.29 is 8.85 Å². The van der Waals surface area contributed by atoms with Gasteiger partial charge in [0, 0.05) is 40.5 Å². The predicted octanol–water partition coefficient (Wildman–Crippen LogP) is 5.19. The number of imidazole rings is 1. The van der Waals surface area contributed by atoms with Crippen LogP contribution in [-0.4, -0.2) is 33.6 Å². The van der Waals surface area contributed by atoms with Gasteiger partial charge in [-0.25, -0.2) is 9.97 Å². The lowest BCUT2D eigenvalue weighted by Gasteiger charge is -2.16. The first-order valence-electron chi connectivity index (χ1n) is 11.7. The fraction of sp³-hybridized carbons (Fsp3) is 0.208. The van der Waals surface area contributed by atoms with Gasteiger partial charge in [-0.1, -0.05) is 41.9 Å². The summed E-state index contributed by atoms with van der Waals surface area (Å²) in [6.45, 7) is -2.37. The number of anilines is 3. The molecule has 0 amide bonds. The average molecular weight is 450 g/mol. The Morgan fingerprint density at radius 1 is 1.19 bits per heavy atom. The van der Waals surface area contributed by atoms with Gasteiger partial charge in [0.05, 0.1) is 18.5 Å². The Bertz CT molecular complexity index is 1360. The van der Waals surface area contributed by atoms with Crippen molar-refractivity contribution in [1.82, 2.24) is 19.5 Å². The Hall–Kier alpha value is -3.58. The normalized spacial score (nSPS) is 16.6. The third-order valence-electron chi connectivity index (χ3n) is 5.64. The van der Waals surface area contributed by atoms with Gasteiger partial charge in [0.15, 0.2) is 0 Å². The molecule has 1 aliphatic rings. The van der Waals surface area contributed by atoms with Crippen LogP contribution in [0.4, 0.5) is 17.5 Å². The third-order valence-corrected chi connectivity index (χ3v) is 5.83. The number of methoxy groups -OCH3 is 1. The van der Waals surface area contributed by atoms with Gasteiger partial charge in [-0.05, 0) is 30.5 Å². The molecule has 0 saturated heterocycles. The molecule has 0 radical (unpaired) electrons. The van der Waals surface area contributed by atoms with E-state index in [2.05, 4.69) is 32.7 Å². The van der Waals surface area contributed by atoms with Crippen LogP contribution in [0, 0.1) is 0 Å². The first kappa shape index (κ1) is 17.0. The molecule has 5 rings (SSSR count). The van der Waals surface area contributed by atoms with Crippen molar-refractivity contribution in [2.45, 2.75) is 18.8 Å². The summed E-state index contributed by atoms with van der Waals surface area (Å²) in [5.74, 6) is 1.29. The van der Waals surface area contributed by atoms with Crippen molar-refractivity contribution in [3.63, 3.8) is 0 Å². The SMILES string of the molecule is [2H]C([2H])([2H])Nc1nc(Nc2ccc(-n3cnc(Cl)c3)c(OC)c2)nc2c1CC[C@@H]2c1ccccc1. The molecule has 0 fully saturated rings. The summed E-state index contributed by atoms with van der Waals surface area (Å²) < 4.78 is 30.4. The molecule has 2 aromatic carbocycles. The number of rotatable bonds is 6. The summed E-state index contributed by atoms with van der Waals surface area (Å²) in [6.07, 6.45) is 4.83. The summed E-state index contributed by atoms with van der Waals surface area (Å²) in [7, 11) is 1.58. The maximum absolute atomic E-state index is 7.71. The second-order valence-electron chi connectivity index (χ2n) is 7.50. The predicted molar refractivity (Wildman–Crippen MR) is 127 cm³/mol. The quantitative estimate of drug-likeness (QED) is 0.422. The molecule has 1 atom stereocenters. The minimum atomic E-state index is -2.37. The topological polar surface area (TPSA) is 76.9 Å². The Labute approximate surface area is 195 Å². The summed E-state index contributed by atoms with van der Waals surface area (Å²) in [6, 6.07) is 15.6. The van der Waals surface area contributed by atoms with Crippen molar-refractivity contribution >= 4 is 29.1 Å². The van der Waals surface area contributed by atoms with Crippen molar-refractivity contribution in [1.29, 1.82) is 0 Å². The molecule has 0 bridgehead atoms. The molecule has 2 heterocycles. The zero-order valence-corrected chi connectivity index (χ0v) is 18.1. The van der Waals surface area contributed by atoms with E-state index in [1.807, 2.05) is 36.4 Å². The number of ether oxygens (including phenoxy) is 1. The van der Waals surface area contributed by atoms with Crippen LogP contribution in [-0.2, 0) is 6.42 Å². The van der Waals surface area contributed by atoms with Crippen molar-refractivity contribution in [3.05, 3.63) is 83.0 Å². The van der Waals surface area contributed by atoms with E-state index in [9.17, 15) is 0 Å². The highest BCUT2D eigenvalue weighted by Gasteiger charge is 2.29. The standard InChI is InChI=1S/C24H23ClN6O/c1-26-23-18-10-9-17(15-6-4-3-5-7-15)22(18)29-24(30-23)28-16-8-11-19(20(12-16)32-2)31-13-21(25)27-14-31/h3-8,11-14,17H,9-10H2,1-2H3,(H2,26,28,29,30)/t17-/m1/s1/i1D3. The number of aromatic nitrogens is 4. The van der Waals surface area contributed by atoms with E-state index in [4.69, 9.17) is 25.4 Å². The van der Waals surface area contributed by atoms with Crippen molar-refractivity contribution in [3.8, 4) is 11.4 Å². The lowest BCUT2D eigenvalue weighted by atomic mass is 9.97. The zero-order valence-electron chi connectivity index (χ0n) is 20.3. The van der Waals surface area contributed by atoms with E-state index in [0.29, 0.717) is 34.8 Å². The minimum Gasteiger partial charge on any atom is -0.494 e. The first-order chi connectivity index (χ1) is 16.8.